The molecule has 1 amide bonds. The van der Waals surface area contributed by atoms with Gasteiger partial charge in [0.25, 0.3) is 5.91 Å². The van der Waals surface area contributed by atoms with Crippen LogP contribution in [0.15, 0.2) is 103 Å². The van der Waals surface area contributed by atoms with Gasteiger partial charge in [-0.3, -0.25) is 4.79 Å². The van der Waals surface area contributed by atoms with Crippen LogP contribution in [0, 0.1) is 17.7 Å². The molecule has 4 aromatic carbocycles. The highest BCUT2D eigenvalue weighted by molar-refractivity contribution is 6.04. The highest BCUT2D eigenvalue weighted by Gasteiger charge is 2.11. The average Bonchev–Trinajstić information content (AvgIpc) is 2.92. The Labute approximate surface area is 212 Å². The summed E-state index contributed by atoms with van der Waals surface area (Å²) < 4.78 is 13.3. The summed E-state index contributed by atoms with van der Waals surface area (Å²) in [7, 11) is 0. The molecule has 1 heterocycles. The van der Waals surface area contributed by atoms with Gasteiger partial charge in [-0.2, -0.15) is 0 Å². The quantitative estimate of drug-likeness (QED) is 0.289. The van der Waals surface area contributed by atoms with Gasteiger partial charge in [0.2, 0.25) is 0 Å². The molecule has 0 atom stereocenters. The number of aromatic nitrogens is 1. The fraction of sp³-hybridized carbons (Fsp3) is 0. The Morgan fingerprint density at radius 3 is 2.27 bits per heavy atom. The Bertz CT molecular complexity index is 1700. The van der Waals surface area contributed by atoms with Crippen LogP contribution < -0.4 is 5.32 Å². The predicted molar refractivity (Wildman–Crippen MR) is 141 cm³/mol. The SMILES string of the molecule is O=C(Nc1ccc(C#Cc2cc(-c3ccc(F)cc3)ccc2C(=O)O)cc1)c1ccc2ccccc2n1. The van der Waals surface area contributed by atoms with Crippen LogP contribution in [0.2, 0.25) is 0 Å². The molecule has 178 valence electrons. The van der Waals surface area contributed by atoms with Crippen molar-refractivity contribution in [1.82, 2.24) is 4.98 Å². The number of hydrogen-bond donors (Lipinski definition) is 2. The van der Waals surface area contributed by atoms with Crippen LogP contribution in [0.1, 0.15) is 32.0 Å². The number of carboxylic acid groups (broad SMARTS) is 1. The molecular weight excluding hydrogens is 467 g/mol. The largest absolute Gasteiger partial charge is 0.478 e. The average molecular weight is 487 g/mol. The smallest absolute Gasteiger partial charge is 0.336 e. The van der Waals surface area contributed by atoms with E-state index in [0.29, 0.717) is 22.5 Å². The number of carbonyl (C=O) groups is 2. The molecule has 0 radical (unpaired) electrons. The summed E-state index contributed by atoms with van der Waals surface area (Å²) in [6, 6.07) is 28.8. The van der Waals surface area contributed by atoms with Crippen LogP contribution in [-0.4, -0.2) is 22.0 Å². The number of fused-ring (bicyclic) bond motifs is 1. The highest BCUT2D eigenvalue weighted by atomic mass is 19.1. The normalized spacial score (nSPS) is 10.4. The van der Waals surface area contributed by atoms with Crippen LogP contribution in [0.5, 0.6) is 0 Å². The maximum Gasteiger partial charge on any atom is 0.336 e. The topological polar surface area (TPSA) is 79.3 Å². The van der Waals surface area contributed by atoms with Gasteiger partial charge < -0.3 is 10.4 Å². The van der Waals surface area contributed by atoms with E-state index in [-0.39, 0.29) is 17.3 Å². The minimum absolute atomic E-state index is 0.0742. The van der Waals surface area contributed by atoms with Crippen LogP contribution in [0.3, 0.4) is 0 Å². The number of carboxylic acids is 1. The highest BCUT2D eigenvalue weighted by Crippen LogP contribution is 2.23. The Balaban J connectivity index is 1.35. The van der Waals surface area contributed by atoms with Crippen molar-refractivity contribution in [3.8, 4) is 23.0 Å². The first kappa shape index (κ1) is 23.5. The zero-order chi connectivity index (χ0) is 25.8. The zero-order valence-corrected chi connectivity index (χ0v) is 19.4. The number of hydrogen-bond acceptors (Lipinski definition) is 3. The molecule has 5 aromatic rings. The van der Waals surface area contributed by atoms with Crippen LogP contribution in [0.25, 0.3) is 22.0 Å². The van der Waals surface area contributed by atoms with E-state index in [1.807, 2.05) is 30.3 Å². The third kappa shape index (κ3) is 5.37. The molecule has 0 spiro atoms. The Hall–Kier alpha value is -5.28. The van der Waals surface area contributed by atoms with Crippen molar-refractivity contribution in [3.05, 3.63) is 131 Å². The molecule has 0 aliphatic heterocycles. The Morgan fingerprint density at radius 1 is 0.784 bits per heavy atom. The summed E-state index contributed by atoms with van der Waals surface area (Å²) in [5.41, 5.74) is 4.17. The van der Waals surface area contributed by atoms with E-state index in [4.69, 9.17) is 0 Å². The lowest BCUT2D eigenvalue weighted by Crippen LogP contribution is -2.13. The third-order valence-corrected chi connectivity index (χ3v) is 5.74. The number of aromatic carboxylic acids is 1. The number of nitrogens with one attached hydrogen (secondary N) is 1. The van der Waals surface area contributed by atoms with Gasteiger partial charge in [0.05, 0.1) is 11.1 Å². The first-order valence-electron chi connectivity index (χ1n) is 11.4. The zero-order valence-electron chi connectivity index (χ0n) is 19.4. The lowest BCUT2D eigenvalue weighted by atomic mass is 9.99. The number of rotatable bonds is 4. The number of pyridine rings is 1. The minimum atomic E-state index is -1.09. The second kappa shape index (κ2) is 10.1. The standard InChI is InChI=1S/C31H19FN2O3/c32-25-13-9-21(10-14-25)23-11-17-27(31(36)37)24(19-23)8-5-20-6-15-26(16-7-20)33-30(35)29-18-12-22-3-1-2-4-28(22)34-29/h1-4,6-7,9-19H,(H,33,35)(H,36,37). The molecule has 0 aliphatic rings. The van der Waals surface area contributed by atoms with E-state index in [0.717, 1.165) is 22.0 Å². The molecule has 0 fully saturated rings. The first-order valence-corrected chi connectivity index (χ1v) is 11.4. The van der Waals surface area contributed by atoms with Crippen molar-refractivity contribution < 1.29 is 19.1 Å². The van der Waals surface area contributed by atoms with Gasteiger partial charge >= 0.3 is 5.97 Å². The summed E-state index contributed by atoms with van der Waals surface area (Å²) in [6.45, 7) is 0. The van der Waals surface area contributed by atoms with Gasteiger partial charge in [0.15, 0.2) is 0 Å². The van der Waals surface area contributed by atoms with Crippen molar-refractivity contribution in [2.75, 3.05) is 5.32 Å². The molecule has 1 aromatic heterocycles. The van der Waals surface area contributed by atoms with E-state index >= 15 is 0 Å². The monoisotopic (exact) mass is 486 g/mol. The Kier molecular flexibility index (Phi) is 6.43. The molecule has 0 bridgehead atoms. The van der Waals surface area contributed by atoms with Gasteiger partial charge in [-0.15, -0.1) is 0 Å². The van der Waals surface area contributed by atoms with Gasteiger partial charge in [0.1, 0.15) is 11.5 Å². The molecule has 5 nitrogen and oxygen atoms in total. The first-order chi connectivity index (χ1) is 18.0. The van der Waals surface area contributed by atoms with E-state index < -0.39 is 5.97 Å². The summed E-state index contributed by atoms with van der Waals surface area (Å²) in [6.07, 6.45) is 0. The molecule has 0 aliphatic carbocycles. The molecule has 5 rings (SSSR count). The number of para-hydroxylation sites is 1. The van der Waals surface area contributed by atoms with Crippen LogP contribution in [-0.2, 0) is 0 Å². The molecule has 0 saturated heterocycles. The lowest BCUT2D eigenvalue weighted by molar-refractivity contribution is 0.0696. The van der Waals surface area contributed by atoms with E-state index in [1.165, 1.54) is 18.2 Å². The van der Waals surface area contributed by atoms with E-state index in [1.54, 1.807) is 54.6 Å². The fourth-order valence-corrected chi connectivity index (χ4v) is 3.82. The molecule has 37 heavy (non-hydrogen) atoms. The number of halogens is 1. The summed E-state index contributed by atoms with van der Waals surface area (Å²) in [4.78, 5) is 28.8. The maximum atomic E-state index is 13.3. The number of benzene rings is 4. The second-order valence-corrected chi connectivity index (χ2v) is 8.24. The molecular formula is C31H19FN2O3. The third-order valence-electron chi connectivity index (χ3n) is 5.74. The van der Waals surface area contributed by atoms with Gasteiger partial charge in [-0.25, -0.2) is 14.2 Å². The summed E-state index contributed by atoms with van der Waals surface area (Å²) >= 11 is 0. The maximum absolute atomic E-state index is 13.3. The molecule has 6 heteroatoms. The summed E-state index contributed by atoms with van der Waals surface area (Å²) in [5.74, 6) is 4.15. The van der Waals surface area contributed by atoms with Crippen molar-refractivity contribution in [1.29, 1.82) is 0 Å². The second-order valence-electron chi connectivity index (χ2n) is 8.24. The van der Waals surface area contributed by atoms with Crippen LogP contribution >= 0.6 is 0 Å². The van der Waals surface area contributed by atoms with Crippen molar-refractivity contribution in [2.24, 2.45) is 0 Å². The van der Waals surface area contributed by atoms with E-state index in [9.17, 15) is 19.1 Å². The van der Waals surface area contributed by atoms with Gasteiger partial charge in [-0.05, 0) is 71.8 Å². The molecule has 0 unspecified atom stereocenters. The number of carbonyl (C=O) groups excluding carboxylic acids is 1. The lowest BCUT2D eigenvalue weighted by Gasteiger charge is -2.06. The predicted octanol–water partition coefficient (Wildman–Crippen LogP) is 6.39. The number of amides is 1. The molecule has 0 saturated carbocycles. The fourth-order valence-electron chi connectivity index (χ4n) is 3.82. The van der Waals surface area contributed by atoms with Crippen LogP contribution in [0.4, 0.5) is 10.1 Å². The van der Waals surface area contributed by atoms with Crippen molar-refractivity contribution in [2.45, 2.75) is 0 Å². The van der Waals surface area contributed by atoms with Gasteiger partial charge in [-0.1, -0.05) is 54.3 Å². The van der Waals surface area contributed by atoms with Crippen molar-refractivity contribution in [3.63, 3.8) is 0 Å². The van der Waals surface area contributed by atoms with E-state index in [2.05, 4.69) is 22.1 Å². The van der Waals surface area contributed by atoms with Crippen molar-refractivity contribution >= 4 is 28.5 Å². The molecule has 2 N–H and O–H groups in total. The van der Waals surface area contributed by atoms with Gasteiger partial charge in [0, 0.05) is 22.2 Å². The minimum Gasteiger partial charge on any atom is -0.478 e. The number of anilines is 1. The number of nitrogens with zero attached hydrogens (tertiary/aromatic N) is 1. The summed E-state index contributed by atoms with van der Waals surface area (Å²) in [5, 5.41) is 13.3. The Morgan fingerprint density at radius 2 is 1.51 bits per heavy atom.